The van der Waals surface area contributed by atoms with Crippen molar-refractivity contribution in [2.24, 2.45) is 11.8 Å². The number of rotatable bonds is 5. The molecule has 1 fully saturated rings. The normalized spacial score (nSPS) is 20.7. The lowest BCUT2D eigenvalue weighted by Gasteiger charge is -2.23. The molecule has 1 heteroatoms. The molecule has 0 amide bonds. The van der Waals surface area contributed by atoms with Crippen LogP contribution in [0.4, 0.5) is 0 Å². The summed E-state index contributed by atoms with van der Waals surface area (Å²) in [4.78, 5) is 12.0. The zero-order valence-corrected chi connectivity index (χ0v) is 9.72. The van der Waals surface area contributed by atoms with E-state index in [-0.39, 0.29) is 0 Å². The molecule has 0 bridgehead atoms. The SMILES string of the molecule is CCCCC(C)C(=O)C1CCCCC1. The van der Waals surface area contributed by atoms with Crippen LogP contribution in [0.25, 0.3) is 0 Å². The Morgan fingerprint density at radius 1 is 1.29 bits per heavy atom. The van der Waals surface area contributed by atoms with Gasteiger partial charge in [0.2, 0.25) is 0 Å². The molecule has 0 aromatic heterocycles. The number of hydrogen-bond acceptors (Lipinski definition) is 1. The molecule has 14 heavy (non-hydrogen) atoms. The summed E-state index contributed by atoms with van der Waals surface area (Å²) in [6.07, 6.45) is 9.74. The second kappa shape index (κ2) is 6.21. The van der Waals surface area contributed by atoms with Gasteiger partial charge in [0.05, 0.1) is 0 Å². The van der Waals surface area contributed by atoms with Crippen LogP contribution in [-0.4, -0.2) is 5.78 Å². The van der Waals surface area contributed by atoms with Crippen LogP contribution in [0.2, 0.25) is 0 Å². The van der Waals surface area contributed by atoms with Crippen molar-refractivity contribution in [1.29, 1.82) is 0 Å². The molecule has 1 unspecified atom stereocenters. The van der Waals surface area contributed by atoms with E-state index >= 15 is 0 Å². The lowest BCUT2D eigenvalue weighted by atomic mass is 9.81. The first kappa shape index (κ1) is 11.7. The van der Waals surface area contributed by atoms with Gasteiger partial charge in [0.25, 0.3) is 0 Å². The Morgan fingerprint density at radius 3 is 2.50 bits per heavy atom. The summed E-state index contributed by atoms with van der Waals surface area (Å²) < 4.78 is 0. The van der Waals surface area contributed by atoms with Crippen LogP contribution >= 0.6 is 0 Å². The molecule has 1 rings (SSSR count). The Kier molecular flexibility index (Phi) is 5.21. The predicted octanol–water partition coefficient (Wildman–Crippen LogP) is 3.96. The number of Topliss-reactive ketones (excluding diaryl/α,β-unsaturated/α-hetero) is 1. The fourth-order valence-corrected chi connectivity index (χ4v) is 2.44. The van der Waals surface area contributed by atoms with Gasteiger partial charge in [0, 0.05) is 11.8 Å². The van der Waals surface area contributed by atoms with Crippen LogP contribution in [-0.2, 0) is 4.79 Å². The molecule has 1 aliphatic rings. The molecule has 1 saturated carbocycles. The molecule has 82 valence electrons. The van der Waals surface area contributed by atoms with Crippen LogP contribution < -0.4 is 0 Å². The number of unbranched alkanes of at least 4 members (excludes halogenated alkanes) is 1. The molecular weight excluding hydrogens is 172 g/mol. The van der Waals surface area contributed by atoms with Gasteiger partial charge < -0.3 is 0 Å². The van der Waals surface area contributed by atoms with Gasteiger partial charge in [-0.15, -0.1) is 0 Å². The summed E-state index contributed by atoms with van der Waals surface area (Å²) >= 11 is 0. The van der Waals surface area contributed by atoms with Crippen molar-refractivity contribution in [3.8, 4) is 0 Å². The minimum Gasteiger partial charge on any atom is -0.299 e. The van der Waals surface area contributed by atoms with Crippen molar-refractivity contribution < 1.29 is 4.79 Å². The first-order chi connectivity index (χ1) is 6.75. The second-order valence-electron chi connectivity index (χ2n) is 4.78. The molecule has 0 aliphatic heterocycles. The van der Waals surface area contributed by atoms with Crippen LogP contribution in [0, 0.1) is 11.8 Å². The van der Waals surface area contributed by atoms with Crippen molar-refractivity contribution in [2.45, 2.75) is 65.2 Å². The summed E-state index contributed by atoms with van der Waals surface area (Å²) in [5.74, 6) is 1.28. The largest absolute Gasteiger partial charge is 0.299 e. The first-order valence-corrected chi connectivity index (χ1v) is 6.29. The van der Waals surface area contributed by atoms with Gasteiger partial charge in [-0.3, -0.25) is 4.79 Å². The third-order valence-corrected chi connectivity index (χ3v) is 3.48. The smallest absolute Gasteiger partial charge is 0.138 e. The Labute approximate surface area is 88.3 Å². The highest BCUT2D eigenvalue weighted by Crippen LogP contribution is 2.27. The number of ketones is 1. The first-order valence-electron chi connectivity index (χ1n) is 6.29. The molecule has 0 aromatic carbocycles. The molecule has 1 nitrogen and oxygen atoms in total. The molecule has 0 radical (unpaired) electrons. The van der Waals surface area contributed by atoms with Gasteiger partial charge in [0.15, 0.2) is 0 Å². The summed E-state index contributed by atoms with van der Waals surface area (Å²) in [5.41, 5.74) is 0. The van der Waals surface area contributed by atoms with E-state index < -0.39 is 0 Å². The third kappa shape index (κ3) is 3.43. The molecule has 1 atom stereocenters. The van der Waals surface area contributed by atoms with Crippen LogP contribution in [0.5, 0.6) is 0 Å². The number of hydrogen-bond donors (Lipinski definition) is 0. The van der Waals surface area contributed by atoms with Crippen molar-refractivity contribution in [3.05, 3.63) is 0 Å². The molecule has 0 N–H and O–H groups in total. The summed E-state index contributed by atoms with van der Waals surface area (Å²) in [6, 6.07) is 0. The number of carbonyl (C=O) groups is 1. The highest BCUT2D eigenvalue weighted by atomic mass is 16.1. The van der Waals surface area contributed by atoms with Crippen molar-refractivity contribution in [1.82, 2.24) is 0 Å². The Balaban J connectivity index is 2.30. The molecule has 0 heterocycles. The molecule has 0 aromatic rings. The van der Waals surface area contributed by atoms with Crippen molar-refractivity contribution >= 4 is 5.78 Å². The van der Waals surface area contributed by atoms with Gasteiger partial charge in [-0.1, -0.05) is 46.0 Å². The molecule has 0 spiro atoms. The third-order valence-electron chi connectivity index (χ3n) is 3.48. The zero-order chi connectivity index (χ0) is 10.4. The minimum atomic E-state index is 0.318. The standard InChI is InChI=1S/C13H24O/c1-3-4-8-11(2)13(14)12-9-6-5-7-10-12/h11-12H,3-10H2,1-2H3. The van der Waals surface area contributed by atoms with Crippen molar-refractivity contribution in [2.75, 3.05) is 0 Å². The highest BCUT2D eigenvalue weighted by Gasteiger charge is 2.24. The maximum atomic E-state index is 12.0. The van der Waals surface area contributed by atoms with Gasteiger partial charge in [0.1, 0.15) is 5.78 Å². The van der Waals surface area contributed by atoms with E-state index in [4.69, 9.17) is 0 Å². The van der Waals surface area contributed by atoms with E-state index in [1.54, 1.807) is 0 Å². The van der Waals surface area contributed by atoms with E-state index in [0.29, 0.717) is 17.6 Å². The summed E-state index contributed by atoms with van der Waals surface area (Å²) in [6.45, 7) is 4.31. The van der Waals surface area contributed by atoms with E-state index in [0.717, 1.165) is 19.3 Å². The van der Waals surface area contributed by atoms with Gasteiger partial charge in [-0.25, -0.2) is 0 Å². The van der Waals surface area contributed by atoms with Crippen molar-refractivity contribution in [3.63, 3.8) is 0 Å². The lowest BCUT2D eigenvalue weighted by Crippen LogP contribution is -2.23. The molecular formula is C13H24O. The average Bonchev–Trinajstić information content (AvgIpc) is 2.26. The van der Waals surface area contributed by atoms with Crippen LogP contribution in [0.1, 0.15) is 65.2 Å². The fourth-order valence-electron chi connectivity index (χ4n) is 2.44. The van der Waals surface area contributed by atoms with E-state index in [2.05, 4.69) is 13.8 Å². The van der Waals surface area contributed by atoms with E-state index in [1.165, 1.54) is 32.1 Å². The zero-order valence-electron chi connectivity index (χ0n) is 9.72. The second-order valence-corrected chi connectivity index (χ2v) is 4.78. The maximum Gasteiger partial charge on any atom is 0.138 e. The van der Waals surface area contributed by atoms with Crippen LogP contribution in [0.15, 0.2) is 0 Å². The monoisotopic (exact) mass is 196 g/mol. The van der Waals surface area contributed by atoms with Gasteiger partial charge >= 0.3 is 0 Å². The Morgan fingerprint density at radius 2 is 1.93 bits per heavy atom. The van der Waals surface area contributed by atoms with Crippen LogP contribution in [0.3, 0.4) is 0 Å². The predicted molar refractivity (Wildman–Crippen MR) is 60.3 cm³/mol. The molecule has 1 aliphatic carbocycles. The van der Waals surface area contributed by atoms with E-state index in [9.17, 15) is 4.79 Å². The topological polar surface area (TPSA) is 17.1 Å². The van der Waals surface area contributed by atoms with E-state index in [1.807, 2.05) is 0 Å². The summed E-state index contributed by atoms with van der Waals surface area (Å²) in [5, 5.41) is 0. The van der Waals surface area contributed by atoms with Gasteiger partial charge in [-0.05, 0) is 19.3 Å². The number of carbonyl (C=O) groups excluding carboxylic acids is 1. The maximum absolute atomic E-state index is 12.0. The highest BCUT2D eigenvalue weighted by molar-refractivity contribution is 5.83. The quantitative estimate of drug-likeness (QED) is 0.650. The minimum absolute atomic E-state index is 0.318. The summed E-state index contributed by atoms with van der Waals surface area (Å²) in [7, 11) is 0. The Hall–Kier alpha value is -0.330. The molecule has 0 saturated heterocycles. The average molecular weight is 196 g/mol. The lowest BCUT2D eigenvalue weighted by molar-refractivity contribution is -0.127. The fraction of sp³-hybridized carbons (Fsp3) is 0.923. The van der Waals surface area contributed by atoms with Gasteiger partial charge in [-0.2, -0.15) is 0 Å². The Bertz CT molecular complexity index is 168.